The Bertz CT molecular complexity index is 259. The van der Waals surface area contributed by atoms with Crippen LogP contribution in [0.25, 0.3) is 0 Å². The summed E-state index contributed by atoms with van der Waals surface area (Å²) in [6.45, 7) is 4.05. The van der Waals surface area contributed by atoms with Gasteiger partial charge in [-0.1, -0.05) is 12.8 Å². The van der Waals surface area contributed by atoms with Gasteiger partial charge in [0.15, 0.2) is 0 Å². The van der Waals surface area contributed by atoms with E-state index in [-0.39, 0.29) is 9.62 Å². The maximum Gasteiger partial charge on any atom is 0.322 e. The van der Waals surface area contributed by atoms with Crippen molar-refractivity contribution in [3.8, 4) is 0 Å². The van der Waals surface area contributed by atoms with Gasteiger partial charge in [0.2, 0.25) is 0 Å². The first kappa shape index (κ1) is 10.3. The molecule has 2 N–H and O–H groups in total. The van der Waals surface area contributed by atoms with Crippen molar-refractivity contribution in [1.82, 2.24) is 5.32 Å². The lowest BCUT2D eigenvalue weighted by atomic mass is 10.0. The minimum absolute atomic E-state index is 0.0621. The maximum absolute atomic E-state index is 11.1. The number of carboxylic acid groups (broad SMARTS) is 1. The second kappa shape index (κ2) is 3.14. The van der Waals surface area contributed by atoms with Gasteiger partial charge in [0.1, 0.15) is 6.04 Å². The first-order chi connectivity index (χ1) is 6.45. The zero-order chi connectivity index (χ0) is 10.4. The van der Waals surface area contributed by atoms with E-state index in [9.17, 15) is 4.79 Å². The van der Waals surface area contributed by atoms with Gasteiger partial charge >= 0.3 is 5.97 Å². The third-order valence-electron chi connectivity index (χ3n) is 3.22. The first-order valence-electron chi connectivity index (χ1n) is 5.16. The van der Waals surface area contributed by atoms with Crippen molar-refractivity contribution in [2.45, 2.75) is 55.2 Å². The molecule has 2 fully saturated rings. The highest BCUT2D eigenvalue weighted by atomic mass is 32.2. The SMILES string of the molecule is CC1(C)SC2(CCCC2)N[C@H]1C(=O)O. The largest absolute Gasteiger partial charge is 0.480 e. The summed E-state index contributed by atoms with van der Waals surface area (Å²) in [5, 5.41) is 12.4. The van der Waals surface area contributed by atoms with E-state index in [1.54, 1.807) is 0 Å². The molecular weight excluding hydrogens is 198 g/mol. The van der Waals surface area contributed by atoms with Gasteiger partial charge in [-0.05, 0) is 26.7 Å². The normalized spacial score (nSPS) is 33.7. The lowest BCUT2D eigenvalue weighted by Gasteiger charge is -2.23. The fraction of sp³-hybridized carbons (Fsp3) is 0.900. The van der Waals surface area contributed by atoms with Gasteiger partial charge in [-0.25, -0.2) is 0 Å². The predicted octanol–water partition coefficient (Wildman–Crippen LogP) is 1.82. The van der Waals surface area contributed by atoms with Crippen LogP contribution in [0.1, 0.15) is 39.5 Å². The molecule has 0 bridgehead atoms. The van der Waals surface area contributed by atoms with Crippen LogP contribution in [0, 0.1) is 0 Å². The molecule has 2 rings (SSSR count). The molecule has 0 amide bonds. The standard InChI is InChI=1S/C10H17NO2S/c1-9(2)7(8(12)13)11-10(14-9)5-3-4-6-10/h7,11H,3-6H2,1-2H3,(H,12,13)/t7-/m0/s1. The molecule has 80 valence electrons. The number of carboxylic acids is 1. The molecule has 1 heterocycles. The quantitative estimate of drug-likeness (QED) is 0.700. The molecule has 0 radical (unpaired) electrons. The molecule has 1 spiro atoms. The van der Waals surface area contributed by atoms with Gasteiger partial charge in [-0.3, -0.25) is 10.1 Å². The smallest absolute Gasteiger partial charge is 0.322 e. The molecule has 1 saturated heterocycles. The summed E-state index contributed by atoms with van der Waals surface area (Å²) in [5.41, 5.74) is 0. The van der Waals surface area contributed by atoms with E-state index >= 15 is 0 Å². The predicted molar refractivity (Wildman–Crippen MR) is 57.4 cm³/mol. The molecule has 1 saturated carbocycles. The van der Waals surface area contributed by atoms with Crippen LogP contribution in [0.4, 0.5) is 0 Å². The Morgan fingerprint density at radius 2 is 2.00 bits per heavy atom. The van der Waals surface area contributed by atoms with Gasteiger partial charge in [0.25, 0.3) is 0 Å². The van der Waals surface area contributed by atoms with E-state index in [0.717, 1.165) is 12.8 Å². The van der Waals surface area contributed by atoms with E-state index in [4.69, 9.17) is 5.11 Å². The second-order valence-corrected chi connectivity index (χ2v) is 6.86. The minimum Gasteiger partial charge on any atom is -0.480 e. The average Bonchev–Trinajstić information content (AvgIpc) is 2.57. The van der Waals surface area contributed by atoms with Crippen molar-refractivity contribution < 1.29 is 9.90 Å². The summed E-state index contributed by atoms with van der Waals surface area (Å²) in [6, 6.07) is -0.398. The van der Waals surface area contributed by atoms with Crippen molar-refractivity contribution in [1.29, 1.82) is 0 Å². The lowest BCUT2D eigenvalue weighted by Crippen LogP contribution is -2.47. The third kappa shape index (κ3) is 1.54. The van der Waals surface area contributed by atoms with Crippen molar-refractivity contribution >= 4 is 17.7 Å². The van der Waals surface area contributed by atoms with E-state index < -0.39 is 12.0 Å². The second-order valence-electron chi connectivity index (χ2n) is 4.82. The maximum atomic E-state index is 11.1. The van der Waals surface area contributed by atoms with Crippen molar-refractivity contribution in [2.24, 2.45) is 0 Å². The van der Waals surface area contributed by atoms with Gasteiger partial charge in [-0.15, -0.1) is 11.8 Å². The topological polar surface area (TPSA) is 49.3 Å². The van der Waals surface area contributed by atoms with E-state index in [1.165, 1.54) is 12.8 Å². The molecule has 0 aromatic heterocycles. The first-order valence-corrected chi connectivity index (χ1v) is 5.98. The summed E-state index contributed by atoms with van der Waals surface area (Å²) in [4.78, 5) is 11.1. The van der Waals surface area contributed by atoms with Gasteiger partial charge in [0, 0.05) is 4.75 Å². The van der Waals surface area contributed by atoms with Crippen LogP contribution >= 0.6 is 11.8 Å². The number of rotatable bonds is 1. The van der Waals surface area contributed by atoms with Crippen LogP contribution in [0.2, 0.25) is 0 Å². The molecule has 3 nitrogen and oxygen atoms in total. The number of aliphatic carboxylic acids is 1. The fourth-order valence-corrected chi connectivity index (χ4v) is 4.53. The Morgan fingerprint density at radius 3 is 2.43 bits per heavy atom. The summed E-state index contributed by atoms with van der Waals surface area (Å²) in [5.74, 6) is -0.716. The molecule has 0 aromatic carbocycles. The van der Waals surface area contributed by atoms with Crippen molar-refractivity contribution in [3.63, 3.8) is 0 Å². The molecule has 1 aliphatic heterocycles. The van der Waals surface area contributed by atoms with E-state index in [0.29, 0.717) is 0 Å². The summed E-state index contributed by atoms with van der Waals surface area (Å²) in [7, 11) is 0. The number of thioether (sulfide) groups is 1. The molecule has 14 heavy (non-hydrogen) atoms. The van der Waals surface area contributed by atoms with Crippen LogP contribution in [0.15, 0.2) is 0 Å². The van der Waals surface area contributed by atoms with Crippen LogP contribution in [0.5, 0.6) is 0 Å². The van der Waals surface area contributed by atoms with Crippen LogP contribution in [-0.4, -0.2) is 26.7 Å². The Labute approximate surface area is 88.6 Å². The monoisotopic (exact) mass is 215 g/mol. The molecule has 0 aromatic rings. The Kier molecular flexibility index (Phi) is 2.31. The number of hydrogen-bond donors (Lipinski definition) is 2. The zero-order valence-corrected chi connectivity index (χ0v) is 9.49. The number of hydrogen-bond acceptors (Lipinski definition) is 3. The van der Waals surface area contributed by atoms with Crippen LogP contribution in [-0.2, 0) is 4.79 Å². The summed E-state index contributed by atoms with van der Waals surface area (Å²) in [6.07, 6.45) is 4.68. The average molecular weight is 215 g/mol. The van der Waals surface area contributed by atoms with Crippen LogP contribution in [0.3, 0.4) is 0 Å². The summed E-state index contributed by atoms with van der Waals surface area (Å²) < 4.78 is -0.184. The van der Waals surface area contributed by atoms with Gasteiger partial charge in [-0.2, -0.15) is 0 Å². The highest BCUT2D eigenvalue weighted by Gasteiger charge is 2.53. The van der Waals surface area contributed by atoms with E-state index in [1.807, 2.05) is 25.6 Å². The minimum atomic E-state index is -0.716. The third-order valence-corrected chi connectivity index (χ3v) is 4.90. The highest BCUT2D eigenvalue weighted by molar-refractivity contribution is 8.02. The van der Waals surface area contributed by atoms with Crippen LogP contribution < -0.4 is 5.32 Å². The molecule has 2 aliphatic rings. The van der Waals surface area contributed by atoms with Gasteiger partial charge in [0.05, 0.1) is 4.87 Å². The highest BCUT2D eigenvalue weighted by Crippen LogP contribution is 2.52. The van der Waals surface area contributed by atoms with Crippen molar-refractivity contribution in [3.05, 3.63) is 0 Å². The lowest BCUT2D eigenvalue weighted by molar-refractivity contribution is -0.140. The zero-order valence-electron chi connectivity index (χ0n) is 8.67. The molecule has 0 unspecified atom stereocenters. The Balaban J connectivity index is 2.19. The van der Waals surface area contributed by atoms with Crippen molar-refractivity contribution in [2.75, 3.05) is 0 Å². The van der Waals surface area contributed by atoms with E-state index in [2.05, 4.69) is 5.32 Å². The number of nitrogens with one attached hydrogen (secondary N) is 1. The molecule has 4 heteroatoms. The molecule has 1 atom stereocenters. The van der Waals surface area contributed by atoms with Gasteiger partial charge < -0.3 is 5.11 Å². The Morgan fingerprint density at radius 1 is 1.43 bits per heavy atom. The number of carbonyl (C=O) groups is 1. The Hall–Kier alpha value is -0.220. The molecule has 1 aliphatic carbocycles. The molecular formula is C10H17NO2S. The summed E-state index contributed by atoms with van der Waals surface area (Å²) >= 11 is 1.82. The fourth-order valence-electron chi connectivity index (χ4n) is 2.58.